The topological polar surface area (TPSA) is 40.5 Å². The Morgan fingerprint density at radius 2 is 2.22 bits per heavy atom. The largest absolute Gasteiger partial charge is 0.396 e. The fraction of sp³-hybridized carbons (Fsp3) is 0.933. The van der Waals surface area contributed by atoms with Crippen molar-refractivity contribution in [2.75, 3.05) is 19.7 Å². The molecule has 3 heteroatoms. The number of piperidine rings is 1. The predicted molar refractivity (Wildman–Crippen MR) is 74.3 cm³/mol. The molecule has 0 saturated carbocycles. The van der Waals surface area contributed by atoms with E-state index in [0.29, 0.717) is 11.8 Å². The Morgan fingerprint density at radius 3 is 2.83 bits per heavy atom. The van der Waals surface area contributed by atoms with Gasteiger partial charge in [0, 0.05) is 25.6 Å². The van der Waals surface area contributed by atoms with E-state index in [9.17, 15) is 4.79 Å². The summed E-state index contributed by atoms with van der Waals surface area (Å²) < 4.78 is 0. The van der Waals surface area contributed by atoms with Gasteiger partial charge in [-0.25, -0.2) is 0 Å². The minimum Gasteiger partial charge on any atom is -0.396 e. The van der Waals surface area contributed by atoms with E-state index in [1.165, 1.54) is 0 Å². The summed E-state index contributed by atoms with van der Waals surface area (Å²) in [6.07, 6.45) is 7.41. The maximum absolute atomic E-state index is 12.4. The van der Waals surface area contributed by atoms with Crippen molar-refractivity contribution in [3.05, 3.63) is 0 Å². The quantitative estimate of drug-likeness (QED) is 0.760. The number of carbonyl (C=O) groups excluding carboxylic acids is 1. The molecule has 1 fully saturated rings. The normalized spacial score (nSPS) is 21.9. The number of hydrogen-bond acceptors (Lipinski definition) is 2. The monoisotopic (exact) mass is 255 g/mol. The van der Waals surface area contributed by atoms with Crippen LogP contribution >= 0.6 is 0 Å². The van der Waals surface area contributed by atoms with Gasteiger partial charge in [0.15, 0.2) is 0 Å². The van der Waals surface area contributed by atoms with Crippen molar-refractivity contribution in [2.45, 2.75) is 58.8 Å². The summed E-state index contributed by atoms with van der Waals surface area (Å²) in [6, 6.07) is 0. The first-order valence-corrected chi connectivity index (χ1v) is 7.62. The molecule has 1 N–H and O–H groups in total. The van der Waals surface area contributed by atoms with Crippen LogP contribution < -0.4 is 0 Å². The summed E-state index contributed by atoms with van der Waals surface area (Å²) in [5.41, 5.74) is 0. The average Bonchev–Trinajstić information content (AvgIpc) is 2.40. The Kier molecular flexibility index (Phi) is 7.33. The summed E-state index contributed by atoms with van der Waals surface area (Å²) >= 11 is 0. The molecule has 18 heavy (non-hydrogen) atoms. The number of hydrogen-bond donors (Lipinski definition) is 1. The van der Waals surface area contributed by atoms with E-state index < -0.39 is 0 Å². The highest BCUT2D eigenvalue weighted by molar-refractivity contribution is 5.78. The maximum atomic E-state index is 12.4. The lowest BCUT2D eigenvalue weighted by Gasteiger charge is -2.34. The molecule has 0 bridgehead atoms. The number of aliphatic hydroxyl groups excluding tert-OH is 1. The van der Waals surface area contributed by atoms with E-state index >= 15 is 0 Å². The van der Waals surface area contributed by atoms with E-state index in [1.54, 1.807) is 0 Å². The molecule has 0 aliphatic carbocycles. The molecule has 0 radical (unpaired) electrons. The lowest BCUT2D eigenvalue weighted by molar-refractivity contribution is -0.137. The second-order valence-corrected chi connectivity index (χ2v) is 5.55. The van der Waals surface area contributed by atoms with Gasteiger partial charge in [-0.15, -0.1) is 0 Å². The molecule has 2 unspecified atom stereocenters. The SMILES string of the molecule is CCCCC(CC)C(=O)N1CCCC(CCO)C1. The van der Waals surface area contributed by atoms with Gasteiger partial charge < -0.3 is 10.0 Å². The highest BCUT2D eigenvalue weighted by Crippen LogP contribution is 2.23. The van der Waals surface area contributed by atoms with Crippen LogP contribution in [0.5, 0.6) is 0 Å². The molecule has 1 aliphatic heterocycles. The van der Waals surface area contributed by atoms with Crippen molar-refractivity contribution in [1.82, 2.24) is 4.90 Å². The summed E-state index contributed by atoms with van der Waals surface area (Å²) in [5, 5.41) is 9.01. The second kappa shape index (κ2) is 8.52. The number of rotatable bonds is 7. The molecule has 1 heterocycles. The number of unbranched alkanes of at least 4 members (excludes halogenated alkanes) is 1. The molecular weight excluding hydrogens is 226 g/mol. The third-order valence-corrected chi connectivity index (χ3v) is 4.12. The number of nitrogens with zero attached hydrogens (tertiary/aromatic N) is 1. The molecule has 0 aromatic heterocycles. The van der Waals surface area contributed by atoms with Crippen LogP contribution in [-0.4, -0.2) is 35.6 Å². The minimum atomic E-state index is 0.220. The molecule has 0 aromatic rings. The van der Waals surface area contributed by atoms with Crippen LogP contribution in [0.4, 0.5) is 0 Å². The van der Waals surface area contributed by atoms with E-state index in [0.717, 1.165) is 58.0 Å². The zero-order chi connectivity index (χ0) is 13.4. The Labute approximate surface area is 112 Å². The van der Waals surface area contributed by atoms with Crippen LogP contribution in [0.3, 0.4) is 0 Å². The third kappa shape index (κ3) is 4.60. The van der Waals surface area contributed by atoms with Gasteiger partial charge in [0.1, 0.15) is 0 Å². The zero-order valence-electron chi connectivity index (χ0n) is 12.0. The van der Waals surface area contributed by atoms with Crippen LogP contribution in [0.25, 0.3) is 0 Å². The van der Waals surface area contributed by atoms with E-state index in [4.69, 9.17) is 5.11 Å². The van der Waals surface area contributed by atoms with Crippen LogP contribution in [0.1, 0.15) is 58.8 Å². The number of aliphatic hydroxyl groups is 1. The summed E-state index contributed by atoms with van der Waals surface area (Å²) in [7, 11) is 0. The third-order valence-electron chi connectivity index (χ3n) is 4.12. The smallest absolute Gasteiger partial charge is 0.225 e. The Morgan fingerprint density at radius 1 is 1.44 bits per heavy atom. The highest BCUT2D eigenvalue weighted by Gasteiger charge is 2.27. The van der Waals surface area contributed by atoms with E-state index in [2.05, 4.69) is 13.8 Å². The lowest BCUT2D eigenvalue weighted by Crippen LogP contribution is -2.43. The van der Waals surface area contributed by atoms with Gasteiger partial charge in [-0.2, -0.15) is 0 Å². The van der Waals surface area contributed by atoms with Crippen molar-refractivity contribution < 1.29 is 9.90 Å². The molecule has 0 spiro atoms. The number of likely N-dealkylation sites (tertiary alicyclic amines) is 1. The van der Waals surface area contributed by atoms with Gasteiger partial charge in [0.2, 0.25) is 5.91 Å². The van der Waals surface area contributed by atoms with Crippen molar-refractivity contribution in [3.63, 3.8) is 0 Å². The van der Waals surface area contributed by atoms with Crippen molar-refractivity contribution in [3.8, 4) is 0 Å². The Hall–Kier alpha value is -0.570. The minimum absolute atomic E-state index is 0.220. The summed E-state index contributed by atoms with van der Waals surface area (Å²) in [4.78, 5) is 14.5. The molecule has 1 amide bonds. The van der Waals surface area contributed by atoms with Gasteiger partial charge >= 0.3 is 0 Å². The maximum Gasteiger partial charge on any atom is 0.225 e. The fourth-order valence-corrected chi connectivity index (χ4v) is 2.89. The van der Waals surface area contributed by atoms with Gasteiger partial charge in [0.05, 0.1) is 0 Å². The molecule has 1 saturated heterocycles. The zero-order valence-corrected chi connectivity index (χ0v) is 12.0. The van der Waals surface area contributed by atoms with Crippen LogP contribution in [0.15, 0.2) is 0 Å². The molecule has 0 aromatic carbocycles. The van der Waals surface area contributed by atoms with Crippen LogP contribution in [-0.2, 0) is 4.79 Å². The molecule has 3 nitrogen and oxygen atoms in total. The first kappa shape index (κ1) is 15.5. The number of amides is 1. The van der Waals surface area contributed by atoms with Gasteiger partial charge in [-0.05, 0) is 38.0 Å². The fourth-order valence-electron chi connectivity index (χ4n) is 2.89. The Bertz CT molecular complexity index is 241. The van der Waals surface area contributed by atoms with Crippen LogP contribution in [0, 0.1) is 11.8 Å². The van der Waals surface area contributed by atoms with Crippen LogP contribution in [0.2, 0.25) is 0 Å². The van der Waals surface area contributed by atoms with E-state index in [-0.39, 0.29) is 12.5 Å². The average molecular weight is 255 g/mol. The lowest BCUT2D eigenvalue weighted by atomic mass is 9.92. The summed E-state index contributed by atoms with van der Waals surface area (Å²) in [5.74, 6) is 1.09. The van der Waals surface area contributed by atoms with Crippen molar-refractivity contribution in [1.29, 1.82) is 0 Å². The first-order chi connectivity index (χ1) is 8.72. The van der Waals surface area contributed by atoms with Crippen molar-refractivity contribution in [2.24, 2.45) is 11.8 Å². The predicted octanol–water partition coefficient (Wildman–Crippen LogP) is 2.82. The van der Waals surface area contributed by atoms with Crippen molar-refractivity contribution >= 4 is 5.91 Å². The van der Waals surface area contributed by atoms with Gasteiger partial charge in [-0.3, -0.25) is 4.79 Å². The van der Waals surface area contributed by atoms with Gasteiger partial charge in [-0.1, -0.05) is 26.7 Å². The standard InChI is InChI=1S/C15H29NO2/c1-3-5-8-14(4-2)15(18)16-10-6-7-13(12-16)9-11-17/h13-14,17H,3-12H2,1-2H3. The van der Waals surface area contributed by atoms with Gasteiger partial charge in [0.25, 0.3) is 0 Å². The molecule has 106 valence electrons. The summed E-state index contributed by atoms with van der Waals surface area (Å²) in [6.45, 7) is 6.33. The van der Waals surface area contributed by atoms with E-state index in [1.807, 2.05) is 4.90 Å². The molecule has 2 atom stereocenters. The first-order valence-electron chi connectivity index (χ1n) is 7.62. The molecule has 1 aliphatic rings. The molecule has 1 rings (SSSR count). The second-order valence-electron chi connectivity index (χ2n) is 5.55. The highest BCUT2D eigenvalue weighted by atomic mass is 16.3. The Balaban J connectivity index is 2.47. The molecular formula is C15H29NO2. The number of carbonyl (C=O) groups is 1.